The summed E-state index contributed by atoms with van der Waals surface area (Å²) < 4.78 is 5.16. The Hall–Kier alpha value is -2.28. The van der Waals surface area contributed by atoms with Crippen molar-refractivity contribution in [2.75, 3.05) is 12.4 Å². The van der Waals surface area contributed by atoms with Gasteiger partial charge in [-0.25, -0.2) is 4.98 Å². The van der Waals surface area contributed by atoms with Crippen LogP contribution in [0.5, 0.6) is 5.75 Å². The van der Waals surface area contributed by atoms with Gasteiger partial charge in [0, 0.05) is 26.2 Å². The van der Waals surface area contributed by atoms with E-state index in [1.807, 2.05) is 24.3 Å². The average Bonchev–Trinajstić information content (AvgIpc) is 2.95. The Labute approximate surface area is 164 Å². The molecule has 3 aromatic rings. The van der Waals surface area contributed by atoms with Crippen LogP contribution < -0.4 is 10.1 Å². The molecule has 0 aliphatic heterocycles. The van der Waals surface area contributed by atoms with Crippen LogP contribution in [0.1, 0.15) is 4.88 Å². The Morgan fingerprint density at radius 2 is 1.85 bits per heavy atom. The molecular weight excluding hydrogens is 395 g/mol. The Bertz CT molecular complexity index is 922. The number of rotatable bonds is 6. The van der Waals surface area contributed by atoms with Crippen LogP contribution in [0, 0.1) is 0 Å². The van der Waals surface area contributed by atoms with Gasteiger partial charge in [0.05, 0.1) is 19.2 Å². The number of aromatic nitrogens is 1. The average molecular weight is 409 g/mol. The van der Waals surface area contributed by atoms with Gasteiger partial charge in [0.1, 0.15) is 5.75 Å². The van der Waals surface area contributed by atoms with Crippen LogP contribution in [0.3, 0.4) is 0 Å². The SMILES string of the molecule is COc1ccc(-c2nc(Nc3cc(Cl)cc(Cl)c3)sc2CC(=O)O)cc1. The van der Waals surface area contributed by atoms with E-state index in [0.717, 1.165) is 11.3 Å². The molecule has 1 heterocycles. The summed E-state index contributed by atoms with van der Waals surface area (Å²) in [4.78, 5) is 16.4. The van der Waals surface area contributed by atoms with Crippen LogP contribution in [0.2, 0.25) is 10.0 Å². The Morgan fingerprint density at radius 3 is 2.42 bits per heavy atom. The summed E-state index contributed by atoms with van der Waals surface area (Å²) in [5.41, 5.74) is 2.12. The quantitative estimate of drug-likeness (QED) is 0.563. The van der Waals surface area contributed by atoms with E-state index in [1.165, 1.54) is 11.3 Å². The Balaban J connectivity index is 1.96. The fourth-order valence-corrected chi connectivity index (χ4v) is 3.91. The predicted molar refractivity (Wildman–Crippen MR) is 105 cm³/mol. The van der Waals surface area contributed by atoms with Crippen molar-refractivity contribution in [3.63, 3.8) is 0 Å². The highest BCUT2D eigenvalue weighted by Crippen LogP contribution is 2.34. The second-order valence-corrected chi connectivity index (χ2v) is 7.33. The molecule has 0 atom stereocenters. The molecule has 5 nitrogen and oxygen atoms in total. The summed E-state index contributed by atoms with van der Waals surface area (Å²) in [6.45, 7) is 0. The van der Waals surface area contributed by atoms with Crippen molar-refractivity contribution >= 4 is 51.3 Å². The van der Waals surface area contributed by atoms with Gasteiger partial charge >= 0.3 is 5.97 Å². The van der Waals surface area contributed by atoms with E-state index in [-0.39, 0.29) is 6.42 Å². The van der Waals surface area contributed by atoms with Gasteiger partial charge in [-0.05, 0) is 42.5 Å². The summed E-state index contributed by atoms with van der Waals surface area (Å²) >= 11 is 13.3. The first-order valence-corrected chi connectivity index (χ1v) is 9.11. The fourth-order valence-electron chi connectivity index (χ4n) is 2.39. The van der Waals surface area contributed by atoms with E-state index in [2.05, 4.69) is 10.3 Å². The zero-order valence-electron chi connectivity index (χ0n) is 13.6. The second kappa shape index (κ2) is 7.95. The van der Waals surface area contributed by atoms with Gasteiger partial charge in [-0.1, -0.05) is 23.2 Å². The summed E-state index contributed by atoms with van der Waals surface area (Å²) in [6.07, 6.45) is -0.114. The Kier molecular flexibility index (Phi) is 5.66. The molecule has 0 amide bonds. The van der Waals surface area contributed by atoms with Crippen molar-refractivity contribution in [3.8, 4) is 17.0 Å². The predicted octanol–water partition coefficient (Wildman–Crippen LogP) is 5.50. The highest BCUT2D eigenvalue weighted by atomic mass is 35.5. The first-order chi connectivity index (χ1) is 12.4. The molecule has 2 aromatic carbocycles. The number of thiazole rings is 1. The molecule has 0 fully saturated rings. The summed E-state index contributed by atoms with van der Waals surface area (Å²) in [5, 5.41) is 13.9. The monoisotopic (exact) mass is 408 g/mol. The zero-order chi connectivity index (χ0) is 18.7. The first kappa shape index (κ1) is 18.5. The van der Waals surface area contributed by atoms with E-state index >= 15 is 0 Å². The third kappa shape index (κ3) is 4.46. The van der Waals surface area contributed by atoms with Crippen LogP contribution in [-0.4, -0.2) is 23.2 Å². The van der Waals surface area contributed by atoms with Crippen molar-refractivity contribution in [1.82, 2.24) is 4.98 Å². The highest BCUT2D eigenvalue weighted by Gasteiger charge is 2.16. The summed E-state index contributed by atoms with van der Waals surface area (Å²) in [7, 11) is 1.59. The molecule has 134 valence electrons. The largest absolute Gasteiger partial charge is 0.497 e. The number of nitrogens with one attached hydrogen (secondary N) is 1. The molecule has 3 rings (SSSR count). The van der Waals surface area contributed by atoms with Gasteiger partial charge in [0.15, 0.2) is 5.13 Å². The van der Waals surface area contributed by atoms with Gasteiger partial charge in [0.25, 0.3) is 0 Å². The topological polar surface area (TPSA) is 71.5 Å². The number of methoxy groups -OCH3 is 1. The van der Waals surface area contributed by atoms with Gasteiger partial charge < -0.3 is 15.2 Å². The number of hydrogen-bond acceptors (Lipinski definition) is 5. The first-order valence-electron chi connectivity index (χ1n) is 7.53. The maximum Gasteiger partial charge on any atom is 0.308 e. The molecule has 1 aromatic heterocycles. The number of carboxylic acid groups (broad SMARTS) is 1. The van der Waals surface area contributed by atoms with Crippen LogP contribution in [-0.2, 0) is 11.2 Å². The molecule has 0 radical (unpaired) electrons. The van der Waals surface area contributed by atoms with Crippen LogP contribution in [0.25, 0.3) is 11.3 Å². The molecule has 0 saturated heterocycles. The summed E-state index contributed by atoms with van der Waals surface area (Å²) in [5.74, 6) is -0.198. The van der Waals surface area contributed by atoms with Gasteiger partial charge in [0.2, 0.25) is 0 Å². The molecule has 26 heavy (non-hydrogen) atoms. The number of ether oxygens (including phenoxy) is 1. The molecule has 8 heteroatoms. The molecule has 0 unspecified atom stereocenters. The molecule has 2 N–H and O–H groups in total. The molecule has 0 aliphatic carbocycles. The van der Waals surface area contributed by atoms with Crippen molar-refractivity contribution in [1.29, 1.82) is 0 Å². The normalized spacial score (nSPS) is 10.6. The van der Waals surface area contributed by atoms with E-state index < -0.39 is 5.97 Å². The number of aliphatic carboxylic acids is 1. The second-order valence-electron chi connectivity index (χ2n) is 5.37. The van der Waals surface area contributed by atoms with Crippen molar-refractivity contribution in [2.45, 2.75) is 6.42 Å². The number of carbonyl (C=O) groups is 1. The maximum atomic E-state index is 11.2. The van der Waals surface area contributed by atoms with Gasteiger partial charge in [-0.3, -0.25) is 4.79 Å². The molecular formula is C18H14Cl2N2O3S. The fraction of sp³-hybridized carbons (Fsp3) is 0.111. The minimum Gasteiger partial charge on any atom is -0.497 e. The van der Waals surface area contributed by atoms with E-state index in [1.54, 1.807) is 25.3 Å². The number of benzene rings is 2. The van der Waals surface area contributed by atoms with Crippen LogP contribution in [0.4, 0.5) is 10.8 Å². The van der Waals surface area contributed by atoms with Gasteiger partial charge in [-0.2, -0.15) is 0 Å². The van der Waals surface area contributed by atoms with Crippen LogP contribution in [0.15, 0.2) is 42.5 Å². The number of nitrogens with zero attached hydrogens (tertiary/aromatic N) is 1. The van der Waals surface area contributed by atoms with E-state index in [4.69, 9.17) is 27.9 Å². The zero-order valence-corrected chi connectivity index (χ0v) is 16.0. The van der Waals surface area contributed by atoms with Gasteiger partial charge in [-0.15, -0.1) is 11.3 Å². The molecule has 0 bridgehead atoms. The van der Waals surface area contributed by atoms with Crippen molar-refractivity contribution in [3.05, 3.63) is 57.4 Å². The lowest BCUT2D eigenvalue weighted by molar-refractivity contribution is -0.136. The highest BCUT2D eigenvalue weighted by molar-refractivity contribution is 7.16. The number of carboxylic acids is 1. The molecule has 0 aliphatic rings. The summed E-state index contributed by atoms with van der Waals surface area (Å²) in [6, 6.07) is 12.4. The number of anilines is 2. The molecule has 0 saturated carbocycles. The smallest absolute Gasteiger partial charge is 0.308 e. The molecule has 0 spiro atoms. The minimum absolute atomic E-state index is 0.114. The van der Waals surface area contributed by atoms with Crippen molar-refractivity contribution < 1.29 is 14.6 Å². The maximum absolute atomic E-state index is 11.2. The third-order valence-corrected chi connectivity index (χ3v) is 4.89. The van der Waals surface area contributed by atoms with Crippen LogP contribution >= 0.6 is 34.5 Å². The minimum atomic E-state index is -0.916. The number of hydrogen-bond donors (Lipinski definition) is 2. The Morgan fingerprint density at radius 1 is 1.19 bits per heavy atom. The van der Waals surface area contributed by atoms with E-state index in [9.17, 15) is 9.90 Å². The lowest BCUT2D eigenvalue weighted by Crippen LogP contribution is -1.99. The third-order valence-electron chi connectivity index (χ3n) is 3.49. The van der Waals surface area contributed by atoms with E-state index in [0.29, 0.717) is 31.4 Å². The number of halogens is 2. The lowest BCUT2D eigenvalue weighted by atomic mass is 10.1. The standard InChI is InChI=1S/C18H14Cl2N2O3S/c1-25-14-4-2-10(3-5-14)17-15(9-16(23)24)26-18(22-17)21-13-7-11(19)6-12(20)8-13/h2-8H,9H2,1H3,(H,21,22)(H,23,24). The van der Waals surface area contributed by atoms with Crippen molar-refractivity contribution in [2.24, 2.45) is 0 Å². The lowest BCUT2D eigenvalue weighted by Gasteiger charge is -2.04.